The Kier molecular flexibility index (Phi) is 9.05. The zero-order valence-corrected chi connectivity index (χ0v) is 20.2. The first-order valence-corrected chi connectivity index (χ1v) is 12.0. The van der Waals surface area contributed by atoms with Crippen LogP contribution in [0.4, 0.5) is 49.1 Å². The maximum Gasteiger partial charge on any atom is 0.416 e. The number of rotatable bonds is 4. The fourth-order valence-electron chi connectivity index (χ4n) is 4.50. The second-order valence-corrected chi connectivity index (χ2v) is 9.01. The smallest absolute Gasteiger partial charge is 0.366 e. The molecule has 2 aromatic rings. The number of piperidine rings is 2. The van der Waals surface area contributed by atoms with Crippen LogP contribution in [0, 0.1) is 20.2 Å². The van der Waals surface area contributed by atoms with Gasteiger partial charge in [0.25, 0.3) is 11.4 Å². The molecule has 4 rings (SSSR count). The fraction of sp³-hybridized carbons (Fsp3) is 0.500. The maximum atomic E-state index is 12.6. The first kappa shape index (κ1) is 29.0. The molecule has 0 unspecified atom stereocenters. The van der Waals surface area contributed by atoms with Gasteiger partial charge in [-0.2, -0.15) is 26.3 Å². The lowest BCUT2D eigenvalue weighted by molar-refractivity contribution is -0.384. The van der Waals surface area contributed by atoms with E-state index in [2.05, 4.69) is 0 Å². The Labute approximate surface area is 214 Å². The zero-order chi connectivity index (χ0) is 28.1. The second kappa shape index (κ2) is 11.9. The van der Waals surface area contributed by atoms with E-state index < -0.39 is 44.7 Å². The van der Waals surface area contributed by atoms with Crippen LogP contribution >= 0.6 is 0 Å². The molecule has 0 aromatic heterocycles. The molecular weight excluding hydrogens is 522 g/mol. The number of hydrogen-bond donors (Lipinski definition) is 0. The molecule has 2 aliphatic rings. The molecule has 14 heteroatoms. The summed E-state index contributed by atoms with van der Waals surface area (Å²) in [7, 11) is 0. The van der Waals surface area contributed by atoms with E-state index in [-0.39, 0.29) is 11.4 Å². The number of benzene rings is 2. The van der Waals surface area contributed by atoms with Crippen molar-refractivity contribution in [3.8, 4) is 0 Å². The highest BCUT2D eigenvalue weighted by atomic mass is 19.4. The molecule has 2 fully saturated rings. The van der Waals surface area contributed by atoms with E-state index in [1.54, 1.807) is 9.80 Å². The average molecular weight is 548 g/mol. The summed E-state index contributed by atoms with van der Waals surface area (Å²) < 4.78 is 75.4. The van der Waals surface area contributed by atoms with E-state index in [9.17, 15) is 46.6 Å². The fourth-order valence-corrected chi connectivity index (χ4v) is 4.50. The lowest BCUT2D eigenvalue weighted by Crippen LogP contribution is -2.30. The normalized spacial score (nSPS) is 16.5. The number of halogens is 6. The number of nitrogens with zero attached hydrogens (tertiary/aromatic N) is 4. The van der Waals surface area contributed by atoms with Gasteiger partial charge in [0.1, 0.15) is 11.4 Å². The lowest BCUT2D eigenvalue weighted by atomic mass is 10.1. The SMILES string of the molecule is O=[N+]([O-])c1cc(C(F)(F)F)ccc1N1CCCCC1.O=[N+]([O-])c1cc(C(F)(F)F)ccc1N1CCCCC1. The number of alkyl halides is 6. The van der Waals surface area contributed by atoms with Gasteiger partial charge < -0.3 is 9.80 Å². The predicted octanol–water partition coefficient (Wildman–Crippen LogP) is 7.21. The molecule has 0 amide bonds. The second-order valence-electron chi connectivity index (χ2n) is 9.01. The average Bonchev–Trinajstić information content (AvgIpc) is 2.88. The molecule has 208 valence electrons. The monoisotopic (exact) mass is 548 g/mol. The van der Waals surface area contributed by atoms with Crippen LogP contribution in [0.1, 0.15) is 49.7 Å². The number of nitro benzene ring substituents is 2. The van der Waals surface area contributed by atoms with Crippen LogP contribution in [0.25, 0.3) is 0 Å². The predicted molar refractivity (Wildman–Crippen MR) is 128 cm³/mol. The molecule has 8 nitrogen and oxygen atoms in total. The summed E-state index contributed by atoms with van der Waals surface area (Å²) in [4.78, 5) is 24.0. The Morgan fingerprint density at radius 2 is 0.895 bits per heavy atom. The molecule has 2 saturated heterocycles. The summed E-state index contributed by atoms with van der Waals surface area (Å²) in [5.74, 6) is 0. The molecule has 2 heterocycles. The van der Waals surface area contributed by atoms with Crippen molar-refractivity contribution in [3.05, 3.63) is 67.8 Å². The third kappa shape index (κ3) is 7.25. The summed E-state index contributed by atoms with van der Waals surface area (Å²) in [6.07, 6.45) is -3.43. The van der Waals surface area contributed by atoms with Crippen LogP contribution in [0.3, 0.4) is 0 Å². The van der Waals surface area contributed by atoms with Crippen LogP contribution < -0.4 is 9.80 Å². The van der Waals surface area contributed by atoms with Gasteiger partial charge in [0.05, 0.1) is 21.0 Å². The third-order valence-electron chi connectivity index (χ3n) is 6.39. The molecule has 0 aliphatic carbocycles. The first-order chi connectivity index (χ1) is 17.8. The van der Waals surface area contributed by atoms with E-state index in [1.165, 1.54) is 12.1 Å². The lowest BCUT2D eigenvalue weighted by Gasteiger charge is -2.28. The largest absolute Gasteiger partial charge is 0.416 e. The minimum Gasteiger partial charge on any atom is -0.366 e. The van der Waals surface area contributed by atoms with Crippen molar-refractivity contribution in [2.45, 2.75) is 50.9 Å². The quantitative estimate of drug-likeness (QED) is 0.228. The van der Waals surface area contributed by atoms with Crippen molar-refractivity contribution in [3.63, 3.8) is 0 Å². The molecule has 2 aromatic carbocycles. The van der Waals surface area contributed by atoms with Gasteiger partial charge in [0.2, 0.25) is 0 Å². The molecule has 0 N–H and O–H groups in total. The van der Waals surface area contributed by atoms with Crippen molar-refractivity contribution in [2.75, 3.05) is 36.0 Å². The highest BCUT2D eigenvalue weighted by Gasteiger charge is 2.35. The van der Waals surface area contributed by atoms with Crippen molar-refractivity contribution in [1.29, 1.82) is 0 Å². The Morgan fingerprint density at radius 3 is 1.16 bits per heavy atom. The van der Waals surface area contributed by atoms with Gasteiger partial charge in [0, 0.05) is 38.3 Å². The highest BCUT2D eigenvalue weighted by molar-refractivity contribution is 5.65. The Morgan fingerprint density at radius 1 is 0.579 bits per heavy atom. The summed E-state index contributed by atoms with van der Waals surface area (Å²) in [6, 6.07) is 5.43. The Hall–Kier alpha value is -3.58. The van der Waals surface area contributed by atoms with Gasteiger partial charge >= 0.3 is 12.4 Å². The standard InChI is InChI=1S/2C12H13F3N2O2/c2*13-12(14,15)9-4-5-10(11(8-9)17(18)19)16-6-2-1-3-7-16/h2*4-5,8H,1-3,6-7H2. The van der Waals surface area contributed by atoms with Crippen LogP contribution in [-0.2, 0) is 12.4 Å². The molecule has 0 atom stereocenters. The van der Waals surface area contributed by atoms with Crippen molar-refractivity contribution < 1.29 is 36.2 Å². The molecular formula is C24H26F6N4O4. The van der Waals surface area contributed by atoms with Crippen molar-refractivity contribution >= 4 is 22.7 Å². The summed E-state index contributed by atoms with van der Waals surface area (Å²) >= 11 is 0. The van der Waals surface area contributed by atoms with Crippen LogP contribution in [0.5, 0.6) is 0 Å². The molecule has 2 aliphatic heterocycles. The highest BCUT2D eigenvalue weighted by Crippen LogP contribution is 2.38. The Bertz CT molecular complexity index is 1050. The van der Waals surface area contributed by atoms with Crippen LogP contribution in [0.15, 0.2) is 36.4 Å². The molecule has 0 spiro atoms. The summed E-state index contributed by atoms with van der Waals surface area (Å²) in [5, 5.41) is 21.9. The first-order valence-electron chi connectivity index (χ1n) is 12.0. The van der Waals surface area contributed by atoms with E-state index >= 15 is 0 Å². The van der Waals surface area contributed by atoms with Crippen molar-refractivity contribution in [2.24, 2.45) is 0 Å². The van der Waals surface area contributed by atoms with Gasteiger partial charge in [-0.25, -0.2) is 0 Å². The van der Waals surface area contributed by atoms with Gasteiger partial charge in [-0.05, 0) is 62.8 Å². The van der Waals surface area contributed by atoms with Gasteiger partial charge in [-0.15, -0.1) is 0 Å². The number of anilines is 2. The minimum absolute atomic E-state index is 0.276. The number of hydrogen-bond acceptors (Lipinski definition) is 6. The van der Waals surface area contributed by atoms with Crippen molar-refractivity contribution in [1.82, 2.24) is 0 Å². The molecule has 0 radical (unpaired) electrons. The minimum atomic E-state index is -4.56. The number of nitro groups is 2. The van der Waals surface area contributed by atoms with E-state index in [1.807, 2.05) is 0 Å². The van der Waals surface area contributed by atoms with E-state index in [4.69, 9.17) is 0 Å². The zero-order valence-electron chi connectivity index (χ0n) is 20.2. The van der Waals surface area contributed by atoms with E-state index in [0.717, 1.165) is 50.7 Å². The Balaban J connectivity index is 0.000000211. The maximum absolute atomic E-state index is 12.6. The van der Waals surface area contributed by atoms with Crippen LogP contribution in [-0.4, -0.2) is 36.0 Å². The summed E-state index contributed by atoms with van der Waals surface area (Å²) in [5.41, 5.74) is -2.37. The molecule has 0 bridgehead atoms. The summed E-state index contributed by atoms with van der Waals surface area (Å²) in [6.45, 7) is 2.58. The van der Waals surface area contributed by atoms with Gasteiger partial charge in [-0.3, -0.25) is 20.2 Å². The van der Waals surface area contributed by atoms with Gasteiger partial charge in [0.15, 0.2) is 0 Å². The topological polar surface area (TPSA) is 92.8 Å². The third-order valence-corrected chi connectivity index (χ3v) is 6.39. The van der Waals surface area contributed by atoms with Crippen LogP contribution in [0.2, 0.25) is 0 Å². The van der Waals surface area contributed by atoms with E-state index in [0.29, 0.717) is 38.3 Å². The van der Waals surface area contributed by atoms with Gasteiger partial charge in [-0.1, -0.05) is 0 Å². The molecule has 38 heavy (non-hydrogen) atoms. The molecule has 0 saturated carbocycles.